The van der Waals surface area contributed by atoms with Crippen LogP contribution in [0.2, 0.25) is 0 Å². The Bertz CT molecular complexity index is 887. The zero-order valence-corrected chi connectivity index (χ0v) is 18.7. The Labute approximate surface area is 182 Å². The first-order chi connectivity index (χ1) is 14.3. The Morgan fingerprint density at radius 3 is 2.57 bits per heavy atom. The van der Waals surface area contributed by atoms with E-state index in [0.717, 1.165) is 25.7 Å². The largest absolute Gasteiger partial charge is 0.465 e. The van der Waals surface area contributed by atoms with Crippen molar-refractivity contribution in [2.75, 3.05) is 18.1 Å². The molecule has 0 aromatic heterocycles. The summed E-state index contributed by atoms with van der Waals surface area (Å²) in [5, 5.41) is 0. The molecule has 0 amide bonds. The molecule has 2 aromatic rings. The Balaban J connectivity index is 2.29. The minimum atomic E-state index is -0.459. The number of nitrogens with two attached hydrogens (primary N) is 1. The summed E-state index contributed by atoms with van der Waals surface area (Å²) in [6.07, 6.45) is 3.82. The molecule has 0 saturated heterocycles. The van der Waals surface area contributed by atoms with Gasteiger partial charge in [0.05, 0.1) is 6.61 Å². The van der Waals surface area contributed by atoms with Gasteiger partial charge in [0.2, 0.25) is 0 Å². The van der Waals surface area contributed by atoms with Gasteiger partial charge in [0.15, 0.2) is 5.78 Å². The van der Waals surface area contributed by atoms with Crippen LogP contribution in [0.5, 0.6) is 0 Å². The number of anilines is 1. The van der Waals surface area contributed by atoms with Crippen molar-refractivity contribution in [1.29, 1.82) is 0 Å². The number of ketones is 1. The van der Waals surface area contributed by atoms with Crippen molar-refractivity contribution in [3.8, 4) is 0 Å². The van der Waals surface area contributed by atoms with Crippen molar-refractivity contribution in [2.45, 2.75) is 51.3 Å². The number of benzene rings is 2. The van der Waals surface area contributed by atoms with Crippen LogP contribution in [0.25, 0.3) is 0 Å². The van der Waals surface area contributed by atoms with Gasteiger partial charge in [0.1, 0.15) is 5.82 Å². The van der Waals surface area contributed by atoms with E-state index in [2.05, 4.69) is 13.8 Å². The van der Waals surface area contributed by atoms with Crippen molar-refractivity contribution in [1.82, 2.24) is 0 Å². The molecule has 0 heterocycles. The highest BCUT2D eigenvalue weighted by Gasteiger charge is 2.30. The molecule has 2 N–H and O–H groups in total. The molecule has 2 rings (SSSR count). The maximum atomic E-state index is 14.0. The van der Waals surface area contributed by atoms with Crippen LogP contribution in [0.4, 0.5) is 10.1 Å². The van der Waals surface area contributed by atoms with E-state index < -0.39 is 5.82 Å². The topological polar surface area (TPSA) is 69.4 Å². The summed E-state index contributed by atoms with van der Waals surface area (Å²) in [5.74, 6) is -0.354. The molecule has 0 aliphatic rings. The fourth-order valence-electron chi connectivity index (χ4n) is 3.25. The Kier molecular flexibility index (Phi) is 8.90. The normalized spacial score (nSPS) is 12.9. The number of nitrogen functional groups attached to an aromatic ring is 1. The van der Waals surface area contributed by atoms with Crippen LogP contribution in [0.15, 0.2) is 47.4 Å². The van der Waals surface area contributed by atoms with Crippen LogP contribution in [0.1, 0.15) is 62.4 Å². The zero-order valence-electron chi connectivity index (χ0n) is 17.9. The molecule has 4 nitrogen and oxygen atoms in total. The maximum Gasteiger partial charge on any atom is 0.302 e. The first-order valence-corrected chi connectivity index (χ1v) is 11.2. The number of ether oxygens (including phenoxy) is 1. The second kappa shape index (κ2) is 11.2. The van der Waals surface area contributed by atoms with Gasteiger partial charge in [-0.05, 0) is 43.2 Å². The highest BCUT2D eigenvalue weighted by Crippen LogP contribution is 2.37. The third-order valence-corrected chi connectivity index (χ3v) is 6.68. The summed E-state index contributed by atoms with van der Waals surface area (Å²) in [6, 6.07) is 11.0. The van der Waals surface area contributed by atoms with Crippen molar-refractivity contribution in [3.05, 3.63) is 59.4 Å². The summed E-state index contributed by atoms with van der Waals surface area (Å²) < 4.78 is 19.3. The predicted octanol–water partition coefficient (Wildman–Crippen LogP) is 5.88. The van der Waals surface area contributed by atoms with Gasteiger partial charge < -0.3 is 10.5 Å². The number of esters is 1. The average molecular weight is 432 g/mol. The lowest BCUT2D eigenvalue weighted by Crippen LogP contribution is -2.30. The van der Waals surface area contributed by atoms with Gasteiger partial charge in [0, 0.05) is 39.8 Å². The number of hydrogen-bond donors (Lipinski definition) is 1. The monoisotopic (exact) mass is 431 g/mol. The van der Waals surface area contributed by atoms with E-state index in [-0.39, 0.29) is 17.2 Å². The number of rotatable bonds is 11. The van der Waals surface area contributed by atoms with E-state index in [9.17, 15) is 14.0 Å². The van der Waals surface area contributed by atoms with E-state index in [1.165, 1.54) is 30.8 Å². The molecule has 1 unspecified atom stereocenters. The molecular formula is C24H30FNO3S. The SMILES string of the molecule is CCCCC(CC)(COC(C)=O)CSc1ccc(F)cc1C(=O)c1cccc(N)c1. The van der Waals surface area contributed by atoms with Crippen LogP contribution < -0.4 is 5.73 Å². The number of carbonyl (C=O) groups excluding carboxylic acids is 2. The minimum absolute atomic E-state index is 0.196. The van der Waals surface area contributed by atoms with Gasteiger partial charge >= 0.3 is 5.97 Å². The van der Waals surface area contributed by atoms with Crippen LogP contribution in [-0.2, 0) is 9.53 Å². The Morgan fingerprint density at radius 1 is 1.17 bits per heavy atom. The molecule has 6 heteroatoms. The Morgan fingerprint density at radius 2 is 1.93 bits per heavy atom. The molecule has 0 radical (unpaired) electrons. The number of carbonyl (C=O) groups is 2. The molecule has 0 bridgehead atoms. The standard InChI is InChI=1S/C24H30FNO3S/c1-4-6-12-24(5-2,15-29-17(3)27)16-30-22-11-10-19(25)14-21(22)23(28)18-8-7-9-20(26)13-18/h7-11,13-14H,4-6,12,15-16,26H2,1-3H3. The fraction of sp³-hybridized carbons (Fsp3) is 0.417. The molecule has 0 aliphatic heterocycles. The van der Waals surface area contributed by atoms with E-state index in [4.69, 9.17) is 10.5 Å². The van der Waals surface area contributed by atoms with Gasteiger partial charge in [-0.2, -0.15) is 0 Å². The minimum Gasteiger partial charge on any atom is -0.465 e. The number of unbranched alkanes of at least 4 members (excludes halogenated alkanes) is 1. The van der Waals surface area contributed by atoms with Gasteiger partial charge in [0.25, 0.3) is 0 Å². The van der Waals surface area contributed by atoms with Crippen molar-refractivity contribution in [2.24, 2.45) is 5.41 Å². The van der Waals surface area contributed by atoms with E-state index >= 15 is 0 Å². The number of thioether (sulfide) groups is 1. The molecule has 2 aromatic carbocycles. The summed E-state index contributed by atoms with van der Waals surface area (Å²) in [6.45, 7) is 5.96. The summed E-state index contributed by atoms with van der Waals surface area (Å²) >= 11 is 1.51. The van der Waals surface area contributed by atoms with Crippen LogP contribution >= 0.6 is 11.8 Å². The maximum absolute atomic E-state index is 14.0. The van der Waals surface area contributed by atoms with Gasteiger partial charge in [-0.15, -0.1) is 11.8 Å². The van der Waals surface area contributed by atoms with E-state index in [0.29, 0.717) is 34.1 Å². The molecule has 1 atom stereocenters. The number of halogens is 1. The molecule has 30 heavy (non-hydrogen) atoms. The second-order valence-corrected chi connectivity index (χ2v) is 8.64. The fourth-order valence-corrected chi connectivity index (χ4v) is 4.61. The molecule has 0 saturated carbocycles. The van der Waals surface area contributed by atoms with Crippen molar-refractivity contribution < 1.29 is 18.7 Å². The lowest BCUT2D eigenvalue weighted by atomic mass is 9.83. The quantitative estimate of drug-likeness (QED) is 0.208. The van der Waals surface area contributed by atoms with Crippen LogP contribution in [0, 0.1) is 11.2 Å². The van der Waals surface area contributed by atoms with E-state index in [1.807, 2.05) is 0 Å². The van der Waals surface area contributed by atoms with E-state index in [1.54, 1.807) is 30.3 Å². The lowest BCUT2D eigenvalue weighted by Gasteiger charge is -2.32. The lowest BCUT2D eigenvalue weighted by molar-refractivity contribution is -0.144. The van der Waals surface area contributed by atoms with Gasteiger partial charge in [-0.1, -0.05) is 38.8 Å². The summed E-state index contributed by atoms with van der Waals surface area (Å²) in [7, 11) is 0. The van der Waals surface area contributed by atoms with Gasteiger partial charge in [-0.25, -0.2) is 4.39 Å². The third-order valence-electron chi connectivity index (χ3n) is 5.26. The second-order valence-electron chi connectivity index (χ2n) is 7.62. The zero-order chi connectivity index (χ0) is 22.1. The smallest absolute Gasteiger partial charge is 0.302 e. The average Bonchev–Trinajstić information content (AvgIpc) is 2.73. The first-order valence-electron chi connectivity index (χ1n) is 10.3. The van der Waals surface area contributed by atoms with Crippen LogP contribution in [0.3, 0.4) is 0 Å². The predicted molar refractivity (Wildman–Crippen MR) is 120 cm³/mol. The molecule has 0 aliphatic carbocycles. The van der Waals surface area contributed by atoms with Crippen molar-refractivity contribution >= 4 is 29.2 Å². The first kappa shape index (κ1) is 23.9. The van der Waals surface area contributed by atoms with Crippen LogP contribution in [-0.4, -0.2) is 24.1 Å². The summed E-state index contributed by atoms with van der Waals surface area (Å²) in [5.41, 5.74) is 6.84. The third kappa shape index (κ3) is 6.59. The molecule has 0 spiro atoms. The Hall–Kier alpha value is -2.34. The van der Waals surface area contributed by atoms with Crippen molar-refractivity contribution in [3.63, 3.8) is 0 Å². The van der Waals surface area contributed by atoms with Gasteiger partial charge in [-0.3, -0.25) is 9.59 Å². The molecular weight excluding hydrogens is 401 g/mol. The number of hydrogen-bond acceptors (Lipinski definition) is 5. The molecule has 162 valence electrons. The summed E-state index contributed by atoms with van der Waals surface area (Å²) in [4.78, 5) is 25.2. The highest BCUT2D eigenvalue weighted by molar-refractivity contribution is 7.99. The molecule has 0 fully saturated rings. The highest BCUT2D eigenvalue weighted by atomic mass is 32.2.